The molecular weight excluding hydrogens is 279 g/mol. The number of nitrogens with zero attached hydrogens (tertiary/aromatic N) is 3. The number of rotatable bonds is 6. The van der Waals surface area contributed by atoms with E-state index in [9.17, 15) is 19.6 Å². The Balaban J connectivity index is 1.90. The lowest BCUT2D eigenvalue weighted by molar-refractivity contribution is -0.385. The van der Waals surface area contributed by atoms with Gasteiger partial charge in [-0.3, -0.25) is 14.8 Å². The van der Waals surface area contributed by atoms with E-state index in [1.165, 1.54) is 16.9 Å². The molecule has 2 N–H and O–H groups in total. The fraction of sp³-hybridized carbons (Fsp3) is 0.308. The van der Waals surface area contributed by atoms with E-state index in [4.69, 9.17) is 0 Å². The molecule has 0 aliphatic heterocycles. The molecule has 2 aromatic rings. The first-order chi connectivity index (χ1) is 9.95. The second-order valence-electron chi connectivity index (χ2n) is 4.70. The molecule has 1 aromatic carbocycles. The second kappa shape index (κ2) is 6.31. The predicted octanol–water partition coefficient (Wildman–Crippen LogP) is 1.71. The van der Waals surface area contributed by atoms with Crippen LogP contribution in [-0.2, 0) is 6.54 Å². The van der Waals surface area contributed by atoms with Crippen molar-refractivity contribution in [3.05, 3.63) is 52.1 Å². The van der Waals surface area contributed by atoms with Crippen LogP contribution in [-0.4, -0.2) is 32.5 Å². The molecule has 1 atom stereocenters. The summed E-state index contributed by atoms with van der Waals surface area (Å²) in [6, 6.07) is 4.64. The fourth-order valence-electron chi connectivity index (χ4n) is 1.83. The molecule has 8 heteroatoms. The van der Waals surface area contributed by atoms with Gasteiger partial charge in [0, 0.05) is 6.54 Å². The van der Waals surface area contributed by atoms with Gasteiger partial charge in [-0.15, -0.1) is 0 Å². The molecule has 0 bridgehead atoms. The summed E-state index contributed by atoms with van der Waals surface area (Å²) in [6.07, 6.45) is 1.49. The number of aliphatic hydroxyl groups excluding tert-OH is 1. The van der Waals surface area contributed by atoms with Crippen LogP contribution >= 0.6 is 0 Å². The van der Waals surface area contributed by atoms with Gasteiger partial charge in [-0.2, -0.15) is 5.10 Å². The normalized spacial score (nSPS) is 12.1. The van der Waals surface area contributed by atoms with Crippen molar-refractivity contribution in [3.8, 4) is 0 Å². The van der Waals surface area contributed by atoms with Crippen LogP contribution in [0.2, 0.25) is 0 Å². The SMILES string of the molecule is Cc1ccc(F)c(NCC(O)Cn2cc([N+](=O)[O-])cn2)c1. The molecule has 112 valence electrons. The van der Waals surface area contributed by atoms with Gasteiger partial charge in [0.15, 0.2) is 0 Å². The van der Waals surface area contributed by atoms with E-state index < -0.39 is 16.8 Å². The minimum absolute atomic E-state index is 0.0777. The summed E-state index contributed by atoms with van der Waals surface area (Å²) >= 11 is 0. The Labute approximate surface area is 120 Å². The molecule has 0 radical (unpaired) electrons. The van der Waals surface area contributed by atoms with Crippen molar-refractivity contribution < 1.29 is 14.4 Å². The Bertz CT molecular complexity index is 644. The van der Waals surface area contributed by atoms with Crippen LogP contribution in [0.4, 0.5) is 15.8 Å². The largest absolute Gasteiger partial charge is 0.389 e. The molecule has 0 saturated carbocycles. The van der Waals surface area contributed by atoms with Crippen molar-refractivity contribution in [2.24, 2.45) is 0 Å². The number of hydrogen-bond acceptors (Lipinski definition) is 5. The number of aromatic nitrogens is 2. The highest BCUT2D eigenvalue weighted by Crippen LogP contribution is 2.15. The van der Waals surface area contributed by atoms with Crippen molar-refractivity contribution in [1.82, 2.24) is 9.78 Å². The fourth-order valence-corrected chi connectivity index (χ4v) is 1.83. The summed E-state index contributed by atoms with van der Waals surface area (Å²) < 4.78 is 14.8. The van der Waals surface area contributed by atoms with Gasteiger partial charge in [0.25, 0.3) is 0 Å². The topological polar surface area (TPSA) is 93.2 Å². The van der Waals surface area contributed by atoms with Crippen LogP contribution in [0.3, 0.4) is 0 Å². The van der Waals surface area contributed by atoms with Crippen molar-refractivity contribution in [1.29, 1.82) is 0 Å². The summed E-state index contributed by atoms with van der Waals surface area (Å²) in [6.45, 7) is 2.02. The van der Waals surface area contributed by atoms with E-state index in [1.54, 1.807) is 12.1 Å². The van der Waals surface area contributed by atoms with Crippen LogP contribution in [0.15, 0.2) is 30.6 Å². The molecule has 0 aliphatic rings. The maximum absolute atomic E-state index is 13.5. The summed E-state index contributed by atoms with van der Waals surface area (Å²) in [4.78, 5) is 9.96. The van der Waals surface area contributed by atoms with Gasteiger partial charge in [0.1, 0.15) is 18.2 Å². The quantitative estimate of drug-likeness (QED) is 0.625. The molecule has 0 amide bonds. The maximum Gasteiger partial charge on any atom is 0.306 e. The first-order valence-electron chi connectivity index (χ1n) is 6.30. The van der Waals surface area contributed by atoms with Crippen molar-refractivity contribution in [3.63, 3.8) is 0 Å². The van der Waals surface area contributed by atoms with E-state index >= 15 is 0 Å². The molecule has 0 spiro atoms. The number of halogens is 1. The molecule has 7 nitrogen and oxygen atoms in total. The molecule has 21 heavy (non-hydrogen) atoms. The number of nitrogens with one attached hydrogen (secondary N) is 1. The molecule has 0 saturated heterocycles. The van der Waals surface area contributed by atoms with Gasteiger partial charge in [0.2, 0.25) is 0 Å². The zero-order valence-electron chi connectivity index (χ0n) is 11.4. The zero-order chi connectivity index (χ0) is 15.4. The maximum atomic E-state index is 13.5. The van der Waals surface area contributed by atoms with Crippen LogP contribution in [0.25, 0.3) is 0 Å². The average Bonchev–Trinajstić information content (AvgIpc) is 2.88. The minimum atomic E-state index is -0.857. The Morgan fingerprint density at radius 3 is 3.00 bits per heavy atom. The van der Waals surface area contributed by atoms with Crippen LogP contribution in [0, 0.1) is 22.9 Å². The van der Waals surface area contributed by atoms with Gasteiger partial charge in [-0.05, 0) is 24.6 Å². The summed E-state index contributed by atoms with van der Waals surface area (Å²) in [7, 11) is 0. The van der Waals surface area contributed by atoms with Crippen molar-refractivity contribution in [2.75, 3.05) is 11.9 Å². The van der Waals surface area contributed by atoms with Crippen LogP contribution in [0.1, 0.15) is 5.56 Å². The summed E-state index contributed by atoms with van der Waals surface area (Å²) in [5.74, 6) is -0.400. The van der Waals surface area contributed by atoms with E-state index in [0.29, 0.717) is 5.69 Å². The molecule has 1 unspecified atom stereocenters. The number of nitro groups is 1. The number of benzene rings is 1. The Kier molecular flexibility index (Phi) is 4.49. The molecule has 2 rings (SSSR count). The smallest absolute Gasteiger partial charge is 0.306 e. The lowest BCUT2D eigenvalue weighted by atomic mass is 10.2. The summed E-state index contributed by atoms with van der Waals surface area (Å²) in [5, 5.41) is 27.0. The highest BCUT2D eigenvalue weighted by molar-refractivity contribution is 5.47. The van der Waals surface area contributed by atoms with Crippen molar-refractivity contribution >= 4 is 11.4 Å². The Morgan fingerprint density at radius 1 is 1.57 bits per heavy atom. The van der Waals surface area contributed by atoms with Gasteiger partial charge < -0.3 is 10.4 Å². The first-order valence-corrected chi connectivity index (χ1v) is 6.30. The molecule has 0 fully saturated rings. The number of aryl methyl sites for hydroxylation is 1. The average molecular weight is 294 g/mol. The Hall–Kier alpha value is -2.48. The molecule has 1 aromatic heterocycles. The lowest BCUT2D eigenvalue weighted by Crippen LogP contribution is -2.25. The van der Waals surface area contributed by atoms with Crippen LogP contribution in [0.5, 0.6) is 0 Å². The monoisotopic (exact) mass is 294 g/mol. The molecular formula is C13H15FN4O3. The van der Waals surface area contributed by atoms with E-state index in [1.807, 2.05) is 6.92 Å². The van der Waals surface area contributed by atoms with Gasteiger partial charge >= 0.3 is 5.69 Å². The van der Waals surface area contributed by atoms with E-state index in [2.05, 4.69) is 10.4 Å². The summed E-state index contributed by atoms with van der Waals surface area (Å²) in [5.41, 5.74) is 1.07. The number of anilines is 1. The lowest BCUT2D eigenvalue weighted by Gasteiger charge is -2.13. The highest BCUT2D eigenvalue weighted by Gasteiger charge is 2.12. The van der Waals surface area contributed by atoms with Gasteiger partial charge in [-0.1, -0.05) is 6.07 Å². The number of aliphatic hydroxyl groups is 1. The zero-order valence-corrected chi connectivity index (χ0v) is 11.4. The third-order valence-corrected chi connectivity index (χ3v) is 2.88. The third-order valence-electron chi connectivity index (χ3n) is 2.88. The predicted molar refractivity (Wildman–Crippen MR) is 74.5 cm³/mol. The van der Waals surface area contributed by atoms with Crippen LogP contribution < -0.4 is 5.32 Å². The minimum Gasteiger partial charge on any atom is -0.389 e. The van der Waals surface area contributed by atoms with Gasteiger partial charge in [0.05, 0.1) is 23.3 Å². The first kappa shape index (κ1) is 14.9. The number of hydrogen-bond donors (Lipinski definition) is 2. The second-order valence-corrected chi connectivity index (χ2v) is 4.70. The van der Waals surface area contributed by atoms with Crippen molar-refractivity contribution in [2.45, 2.75) is 19.6 Å². The molecule has 1 heterocycles. The standard InChI is InChI=1S/C13H15FN4O3/c1-9-2-3-12(14)13(4-9)15-6-11(19)8-17-7-10(5-16-17)18(20)21/h2-5,7,11,15,19H,6,8H2,1H3. The highest BCUT2D eigenvalue weighted by atomic mass is 19.1. The van der Waals surface area contributed by atoms with E-state index in [-0.39, 0.29) is 18.8 Å². The Morgan fingerprint density at radius 2 is 2.33 bits per heavy atom. The third kappa shape index (κ3) is 3.99. The molecule has 0 aliphatic carbocycles. The van der Waals surface area contributed by atoms with Gasteiger partial charge in [-0.25, -0.2) is 4.39 Å². The van der Waals surface area contributed by atoms with E-state index in [0.717, 1.165) is 11.8 Å².